The molecule has 0 bridgehead atoms. The van der Waals surface area contributed by atoms with Crippen LogP contribution in [0.25, 0.3) is 22.0 Å². The summed E-state index contributed by atoms with van der Waals surface area (Å²) >= 11 is 12.8. The first-order chi connectivity index (χ1) is 24.7. The lowest BCUT2D eigenvalue weighted by atomic mass is 9.84. The number of sulfonamides is 1. The number of aromatic nitrogens is 5. The molecule has 0 fully saturated rings. The monoisotopic (exact) mass is 799 g/mol. The molecule has 2 aromatic carbocycles. The number of carbonyl (C=O) groups excluding carboxylic acids is 1. The molecule has 276 valence electrons. The molecule has 1 amide bonds. The van der Waals surface area contributed by atoms with E-state index in [2.05, 4.69) is 37.1 Å². The maximum absolute atomic E-state index is 15.4. The molecular formula is C33H22Cl2F7N7O3S. The summed E-state index contributed by atoms with van der Waals surface area (Å²) in [6.07, 6.45) is -4.61. The Morgan fingerprint density at radius 2 is 1.72 bits per heavy atom. The van der Waals surface area contributed by atoms with Crippen LogP contribution in [0.2, 0.25) is 10.2 Å². The highest BCUT2D eigenvalue weighted by Crippen LogP contribution is 2.58. The van der Waals surface area contributed by atoms with Gasteiger partial charge in [0.1, 0.15) is 34.9 Å². The SMILES string of the molecule is Cn1nc(NS(C)(=O)=O)c2c(Cl)ccc(-c3ccc(Cl)nc3[C@H](Cc3cc(F)cc(F)c3)NC(=O)Cn3nc(C(F)(F)F)c4c3C(F)(F)[C@@H]3C#C[C@H]43)c21. The maximum Gasteiger partial charge on any atom is 0.435 e. The quantitative estimate of drug-likeness (QED) is 0.0969. The zero-order chi connectivity index (χ0) is 38.4. The minimum Gasteiger partial charge on any atom is -0.346 e. The minimum absolute atomic E-state index is 0.00143. The smallest absolute Gasteiger partial charge is 0.346 e. The Bertz CT molecular complexity index is 2530. The Morgan fingerprint density at radius 3 is 2.34 bits per heavy atom. The van der Waals surface area contributed by atoms with Crippen molar-refractivity contribution in [2.45, 2.75) is 37.0 Å². The number of halogens is 9. The van der Waals surface area contributed by atoms with Crippen LogP contribution in [0.15, 0.2) is 42.5 Å². The van der Waals surface area contributed by atoms with Crippen molar-refractivity contribution in [2.75, 3.05) is 11.0 Å². The average Bonchev–Trinajstić information content (AvgIpc) is 3.57. The molecule has 0 unspecified atom stereocenters. The Morgan fingerprint density at radius 1 is 1.04 bits per heavy atom. The number of rotatable bonds is 9. The van der Waals surface area contributed by atoms with Gasteiger partial charge >= 0.3 is 12.1 Å². The highest BCUT2D eigenvalue weighted by atomic mass is 35.5. The van der Waals surface area contributed by atoms with Crippen molar-refractivity contribution in [2.24, 2.45) is 13.0 Å². The minimum atomic E-state index is -5.13. The van der Waals surface area contributed by atoms with Crippen LogP contribution in [-0.4, -0.2) is 45.1 Å². The van der Waals surface area contributed by atoms with Gasteiger partial charge in [0.15, 0.2) is 11.5 Å². The van der Waals surface area contributed by atoms with Gasteiger partial charge in [-0.2, -0.15) is 32.1 Å². The summed E-state index contributed by atoms with van der Waals surface area (Å²) in [4.78, 5) is 18.1. The van der Waals surface area contributed by atoms with Crippen LogP contribution in [0.4, 0.5) is 36.6 Å². The molecule has 2 N–H and O–H groups in total. The van der Waals surface area contributed by atoms with Crippen LogP contribution >= 0.6 is 23.2 Å². The molecule has 0 saturated carbocycles. The van der Waals surface area contributed by atoms with Crippen LogP contribution < -0.4 is 10.0 Å². The van der Waals surface area contributed by atoms with Crippen LogP contribution in [0.5, 0.6) is 0 Å². The summed E-state index contributed by atoms with van der Waals surface area (Å²) in [5.74, 6) is -5.60. The van der Waals surface area contributed by atoms with E-state index >= 15 is 8.78 Å². The summed E-state index contributed by atoms with van der Waals surface area (Å²) in [5.41, 5.74) is -2.68. The zero-order valence-corrected chi connectivity index (χ0v) is 29.3. The predicted octanol–water partition coefficient (Wildman–Crippen LogP) is 6.73. The van der Waals surface area contributed by atoms with Gasteiger partial charge in [0.25, 0.3) is 0 Å². The van der Waals surface area contributed by atoms with E-state index in [1.807, 2.05) is 0 Å². The second-order valence-corrected chi connectivity index (χ2v) is 15.0. The van der Waals surface area contributed by atoms with Crippen molar-refractivity contribution in [3.8, 4) is 23.0 Å². The van der Waals surface area contributed by atoms with Crippen molar-refractivity contribution < 1.29 is 43.9 Å². The van der Waals surface area contributed by atoms with Gasteiger partial charge < -0.3 is 5.32 Å². The number of amides is 1. The van der Waals surface area contributed by atoms with Crippen LogP contribution in [0.1, 0.15) is 40.2 Å². The number of anilines is 1. The number of nitrogens with zero attached hydrogens (tertiary/aromatic N) is 5. The summed E-state index contributed by atoms with van der Waals surface area (Å²) in [6.45, 7) is -1.12. The summed E-state index contributed by atoms with van der Waals surface area (Å²) in [5, 5.41) is 10.4. The van der Waals surface area contributed by atoms with E-state index < -0.39 is 81.0 Å². The first kappa shape index (κ1) is 36.5. The molecule has 0 spiro atoms. The molecule has 3 atom stereocenters. The Balaban J connectivity index is 1.34. The summed E-state index contributed by atoms with van der Waals surface area (Å²) in [6, 6.07) is 7.05. The molecule has 10 nitrogen and oxygen atoms in total. The van der Waals surface area contributed by atoms with Gasteiger partial charge in [0.2, 0.25) is 15.9 Å². The van der Waals surface area contributed by atoms with E-state index in [4.69, 9.17) is 23.2 Å². The molecule has 0 aliphatic heterocycles. The molecule has 53 heavy (non-hydrogen) atoms. The third-order valence-corrected chi connectivity index (χ3v) is 9.81. The highest BCUT2D eigenvalue weighted by Gasteiger charge is 2.62. The van der Waals surface area contributed by atoms with Gasteiger partial charge in [0, 0.05) is 29.8 Å². The number of fused-ring (bicyclic) bond motifs is 4. The largest absolute Gasteiger partial charge is 0.435 e. The fraction of sp³-hybridized carbons (Fsp3) is 0.273. The first-order valence-electron chi connectivity index (χ1n) is 15.3. The Kier molecular flexibility index (Phi) is 8.70. The number of pyridine rings is 1. The molecule has 3 aromatic heterocycles. The standard InChI is InChI=1S/C33H22Cl2F7N7O3S/c1-48-28-18(4-7-21(34)26(28)31(46-48)47-53(2,51)52)17-5-8-23(35)44-27(17)22(11-14-9-15(36)12-16(37)10-14)43-24(50)13-49-30-25(29(45-49)33(40,41)42)19-3-6-20(19)32(30,38)39/h4-5,7-10,12,19-20,22H,11,13H2,1-2H3,(H,43,50)(H,46,47)/t19-,20+,22-/m0/s1. The fourth-order valence-corrected chi connectivity index (χ4v) is 7.61. The maximum atomic E-state index is 15.4. The number of carbonyl (C=O) groups is 1. The second kappa shape index (κ2) is 12.6. The molecule has 2 aliphatic rings. The van der Waals surface area contributed by atoms with Crippen molar-refractivity contribution >= 4 is 55.9 Å². The first-order valence-corrected chi connectivity index (χ1v) is 18.0. The molecule has 7 rings (SSSR count). The third kappa shape index (κ3) is 6.55. The number of benzene rings is 2. The van der Waals surface area contributed by atoms with Crippen LogP contribution in [-0.2, 0) is 46.9 Å². The lowest BCUT2D eigenvalue weighted by Gasteiger charge is -2.24. The van der Waals surface area contributed by atoms with E-state index in [-0.39, 0.29) is 54.8 Å². The fourth-order valence-electron chi connectivity index (χ4n) is 6.72. The Hall–Kier alpha value is -4.86. The van der Waals surface area contributed by atoms with Crippen LogP contribution in [0.3, 0.4) is 0 Å². The number of hydrogen-bond donors (Lipinski definition) is 2. The number of aryl methyl sites for hydroxylation is 1. The van der Waals surface area contributed by atoms with Gasteiger partial charge in [-0.25, -0.2) is 22.2 Å². The van der Waals surface area contributed by atoms with E-state index in [0.717, 1.165) is 18.4 Å². The van der Waals surface area contributed by atoms with Gasteiger partial charge in [-0.3, -0.25) is 18.9 Å². The van der Waals surface area contributed by atoms with E-state index in [1.165, 1.54) is 36.0 Å². The molecule has 0 saturated heterocycles. The number of hydrogen-bond acceptors (Lipinski definition) is 6. The van der Waals surface area contributed by atoms with Crippen molar-refractivity contribution in [1.29, 1.82) is 0 Å². The number of alkyl halides is 5. The van der Waals surface area contributed by atoms with Gasteiger partial charge in [-0.15, -0.1) is 0 Å². The zero-order valence-electron chi connectivity index (χ0n) is 27.0. The van der Waals surface area contributed by atoms with Crippen molar-refractivity contribution in [3.63, 3.8) is 0 Å². The topological polar surface area (TPSA) is 124 Å². The summed E-state index contributed by atoms with van der Waals surface area (Å²) < 4.78 is 130. The molecule has 0 radical (unpaired) electrons. The highest BCUT2D eigenvalue weighted by molar-refractivity contribution is 7.92. The van der Waals surface area contributed by atoms with E-state index in [1.54, 1.807) is 0 Å². The van der Waals surface area contributed by atoms with Crippen molar-refractivity contribution in [1.82, 2.24) is 29.9 Å². The van der Waals surface area contributed by atoms with Gasteiger partial charge in [-0.05, 0) is 42.3 Å². The molecule has 2 aliphatic carbocycles. The number of nitrogens with one attached hydrogen (secondary N) is 2. The average molecular weight is 801 g/mol. The molecule has 5 aromatic rings. The van der Waals surface area contributed by atoms with Crippen molar-refractivity contribution in [3.05, 3.63) is 92.5 Å². The van der Waals surface area contributed by atoms with Gasteiger partial charge in [-0.1, -0.05) is 41.1 Å². The van der Waals surface area contributed by atoms with E-state index in [0.29, 0.717) is 11.6 Å². The Labute approximate surface area is 305 Å². The second-order valence-electron chi connectivity index (χ2n) is 12.5. The van der Waals surface area contributed by atoms with Gasteiger partial charge in [0.05, 0.1) is 39.8 Å². The predicted molar refractivity (Wildman–Crippen MR) is 179 cm³/mol. The normalized spacial score (nSPS) is 17.8. The van der Waals surface area contributed by atoms with E-state index in [9.17, 15) is 35.2 Å². The van der Waals surface area contributed by atoms with Crippen LogP contribution in [0, 0.1) is 29.4 Å². The lowest BCUT2D eigenvalue weighted by molar-refractivity contribution is -0.142. The molecular weight excluding hydrogens is 778 g/mol. The third-order valence-electron chi connectivity index (χ3n) is 8.72. The summed E-state index contributed by atoms with van der Waals surface area (Å²) in [7, 11) is -2.33. The molecule has 20 heteroatoms. The lowest BCUT2D eigenvalue weighted by Crippen LogP contribution is -2.36. The molecule has 3 heterocycles.